The largest absolute Gasteiger partial charge is 0.490 e. The maximum Gasteiger partial charge on any atom is 0.490 e. The number of benzene rings is 2. The van der Waals surface area contributed by atoms with Gasteiger partial charge in [0.25, 0.3) is 0 Å². The van der Waals surface area contributed by atoms with Crippen molar-refractivity contribution < 1.29 is 10.0 Å². The van der Waals surface area contributed by atoms with Crippen molar-refractivity contribution in [1.29, 1.82) is 0 Å². The van der Waals surface area contributed by atoms with Gasteiger partial charge in [-0.2, -0.15) is 0 Å². The van der Waals surface area contributed by atoms with Crippen LogP contribution in [0.3, 0.4) is 0 Å². The number of hydrogen-bond donors (Lipinski definition) is 2. The molecule has 0 saturated heterocycles. The Morgan fingerprint density at radius 2 is 1.79 bits per heavy atom. The Labute approximate surface area is 113 Å². The average molecular weight is 253 g/mol. The summed E-state index contributed by atoms with van der Waals surface area (Å²) in [6, 6.07) is 16.0. The fraction of sp³-hybridized carbons (Fsp3) is 0.200. The van der Waals surface area contributed by atoms with Gasteiger partial charge in [0.15, 0.2) is 0 Å². The van der Waals surface area contributed by atoms with E-state index in [2.05, 4.69) is 23.1 Å². The van der Waals surface area contributed by atoms with Gasteiger partial charge in [-0.15, -0.1) is 0 Å². The Balaban J connectivity index is 1.93. The summed E-state index contributed by atoms with van der Waals surface area (Å²) >= 11 is 0. The molecule has 2 aromatic rings. The van der Waals surface area contributed by atoms with Crippen LogP contribution < -0.4 is 10.4 Å². The lowest BCUT2D eigenvalue weighted by Crippen LogP contribution is -2.35. The molecule has 1 aliphatic heterocycles. The van der Waals surface area contributed by atoms with Crippen molar-refractivity contribution in [3.05, 3.63) is 59.7 Å². The third-order valence-corrected chi connectivity index (χ3v) is 3.61. The number of anilines is 1. The van der Waals surface area contributed by atoms with E-state index in [1.807, 2.05) is 24.3 Å². The molecule has 96 valence electrons. The minimum atomic E-state index is -1.41. The summed E-state index contributed by atoms with van der Waals surface area (Å²) in [5.41, 5.74) is 4.02. The van der Waals surface area contributed by atoms with Crippen LogP contribution in [0.15, 0.2) is 48.5 Å². The predicted octanol–water partition coefficient (Wildman–Crippen LogP) is 0.929. The Morgan fingerprint density at radius 3 is 2.53 bits per heavy atom. The van der Waals surface area contributed by atoms with E-state index in [4.69, 9.17) is 0 Å². The molecule has 0 saturated carbocycles. The molecular weight excluding hydrogens is 237 g/mol. The molecule has 0 aliphatic carbocycles. The van der Waals surface area contributed by atoms with Gasteiger partial charge in [0, 0.05) is 24.2 Å². The Bertz CT molecular complexity index is 572. The van der Waals surface area contributed by atoms with Crippen LogP contribution in [0.5, 0.6) is 0 Å². The second-order valence-corrected chi connectivity index (χ2v) is 4.89. The maximum atomic E-state index is 9.50. The Morgan fingerprint density at radius 1 is 1.00 bits per heavy atom. The van der Waals surface area contributed by atoms with Crippen LogP contribution in [0.4, 0.5) is 5.69 Å². The molecule has 0 spiro atoms. The minimum absolute atomic E-state index is 0.603. The number of fused-ring (bicyclic) bond motifs is 1. The van der Waals surface area contributed by atoms with Gasteiger partial charge in [0.1, 0.15) is 0 Å². The zero-order valence-electron chi connectivity index (χ0n) is 10.7. The van der Waals surface area contributed by atoms with Crippen molar-refractivity contribution in [2.75, 3.05) is 11.4 Å². The molecule has 1 heterocycles. The van der Waals surface area contributed by atoms with Crippen LogP contribution >= 0.6 is 0 Å². The molecule has 0 unspecified atom stereocenters. The molecule has 1 aliphatic rings. The van der Waals surface area contributed by atoms with Crippen molar-refractivity contribution in [2.45, 2.75) is 13.0 Å². The smallest absolute Gasteiger partial charge is 0.423 e. The summed E-state index contributed by atoms with van der Waals surface area (Å²) < 4.78 is 0. The SMILES string of the molecule is OB(O)c1cccc2c1N(Cc1ccccc1)CC2. The maximum absolute atomic E-state index is 9.50. The Kier molecular flexibility index (Phi) is 3.28. The zero-order valence-corrected chi connectivity index (χ0v) is 10.7. The van der Waals surface area contributed by atoms with Crippen molar-refractivity contribution in [1.82, 2.24) is 0 Å². The molecule has 0 bridgehead atoms. The van der Waals surface area contributed by atoms with Gasteiger partial charge in [-0.3, -0.25) is 0 Å². The van der Waals surface area contributed by atoms with Crippen LogP contribution in [-0.4, -0.2) is 23.7 Å². The summed E-state index contributed by atoms with van der Waals surface area (Å²) in [4.78, 5) is 2.22. The lowest BCUT2D eigenvalue weighted by Gasteiger charge is -2.22. The topological polar surface area (TPSA) is 43.7 Å². The van der Waals surface area contributed by atoms with Crippen LogP contribution in [0.1, 0.15) is 11.1 Å². The van der Waals surface area contributed by atoms with Gasteiger partial charge in [0.05, 0.1) is 0 Å². The van der Waals surface area contributed by atoms with E-state index in [0.29, 0.717) is 5.46 Å². The van der Waals surface area contributed by atoms with Crippen LogP contribution in [0.2, 0.25) is 0 Å². The highest BCUT2D eigenvalue weighted by atomic mass is 16.4. The first-order valence-corrected chi connectivity index (χ1v) is 6.52. The van der Waals surface area contributed by atoms with Gasteiger partial charge >= 0.3 is 7.12 Å². The summed E-state index contributed by atoms with van der Waals surface area (Å²) in [5.74, 6) is 0. The first-order chi connectivity index (χ1) is 9.25. The predicted molar refractivity (Wildman–Crippen MR) is 77.5 cm³/mol. The third-order valence-electron chi connectivity index (χ3n) is 3.61. The van der Waals surface area contributed by atoms with Crippen molar-refractivity contribution in [3.8, 4) is 0 Å². The van der Waals surface area contributed by atoms with E-state index in [-0.39, 0.29) is 0 Å². The van der Waals surface area contributed by atoms with E-state index in [0.717, 1.165) is 25.2 Å². The molecule has 0 fully saturated rings. The average Bonchev–Trinajstić information content (AvgIpc) is 2.83. The lowest BCUT2D eigenvalue weighted by atomic mass is 9.78. The Hall–Kier alpha value is -1.78. The lowest BCUT2D eigenvalue weighted by molar-refractivity contribution is 0.426. The molecule has 3 nitrogen and oxygen atoms in total. The molecular formula is C15H16BNO2. The monoisotopic (exact) mass is 253 g/mol. The summed E-state index contributed by atoms with van der Waals surface area (Å²) in [5, 5.41) is 19.0. The van der Waals surface area contributed by atoms with E-state index in [1.165, 1.54) is 11.1 Å². The van der Waals surface area contributed by atoms with Crippen molar-refractivity contribution >= 4 is 18.3 Å². The van der Waals surface area contributed by atoms with E-state index < -0.39 is 7.12 Å². The molecule has 0 radical (unpaired) electrons. The molecule has 0 amide bonds. The molecule has 3 rings (SSSR count). The van der Waals surface area contributed by atoms with Gasteiger partial charge < -0.3 is 14.9 Å². The van der Waals surface area contributed by atoms with Crippen LogP contribution in [-0.2, 0) is 13.0 Å². The van der Waals surface area contributed by atoms with Crippen LogP contribution in [0, 0.1) is 0 Å². The summed E-state index contributed by atoms with van der Waals surface area (Å²) in [6.07, 6.45) is 0.961. The van der Waals surface area contributed by atoms with E-state index in [1.54, 1.807) is 6.07 Å². The highest BCUT2D eigenvalue weighted by Crippen LogP contribution is 2.27. The van der Waals surface area contributed by atoms with E-state index in [9.17, 15) is 10.0 Å². The fourth-order valence-electron chi connectivity index (χ4n) is 2.74. The van der Waals surface area contributed by atoms with Crippen molar-refractivity contribution in [3.63, 3.8) is 0 Å². The molecule has 0 aromatic heterocycles. The molecule has 0 atom stereocenters. The summed E-state index contributed by atoms with van der Waals surface area (Å²) in [7, 11) is -1.41. The zero-order chi connectivity index (χ0) is 13.2. The number of rotatable bonds is 3. The van der Waals surface area contributed by atoms with Gasteiger partial charge in [-0.25, -0.2) is 0 Å². The standard InChI is InChI=1S/C15H16BNO2/c18-16(19)14-8-4-7-13-9-10-17(15(13)14)11-12-5-2-1-3-6-12/h1-8,18-19H,9-11H2. The fourth-order valence-corrected chi connectivity index (χ4v) is 2.74. The molecule has 4 heteroatoms. The van der Waals surface area contributed by atoms with E-state index >= 15 is 0 Å². The number of hydrogen-bond acceptors (Lipinski definition) is 3. The molecule has 19 heavy (non-hydrogen) atoms. The van der Waals surface area contributed by atoms with Gasteiger partial charge in [0.2, 0.25) is 0 Å². The highest BCUT2D eigenvalue weighted by molar-refractivity contribution is 6.60. The highest BCUT2D eigenvalue weighted by Gasteiger charge is 2.26. The normalized spacial score (nSPS) is 13.5. The summed E-state index contributed by atoms with van der Waals surface area (Å²) in [6.45, 7) is 1.73. The number of nitrogens with zero attached hydrogens (tertiary/aromatic N) is 1. The minimum Gasteiger partial charge on any atom is -0.423 e. The second kappa shape index (κ2) is 5.07. The first kappa shape index (κ1) is 12.3. The van der Waals surface area contributed by atoms with Gasteiger partial charge in [-0.05, 0) is 17.5 Å². The quantitative estimate of drug-likeness (QED) is 0.800. The van der Waals surface area contributed by atoms with Crippen LogP contribution in [0.25, 0.3) is 0 Å². The number of para-hydroxylation sites is 1. The van der Waals surface area contributed by atoms with Crippen molar-refractivity contribution in [2.24, 2.45) is 0 Å². The van der Waals surface area contributed by atoms with Gasteiger partial charge in [-0.1, -0.05) is 48.5 Å². The third kappa shape index (κ3) is 2.37. The molecule has 2 aromatic carbocycles. The second-order valence-electron chi connectivity index (χ2n) is 4.89. The first-order valence-electron chi connectivity index (χ1n) is 6.52. The molecule has 2 N–H and O–H groups in total.